The summed E-state index contributed by atoms with van der Waals surface area (Å²) in [6, 6.07) is 3.34. The van der Waals surface area contributed by atoms with E-state index >= 15 is 0 Å². The molecule has 0 heterocycles. The zero-order valence-corrected chi connectivity index (χ0v) is 17.1. The van der Waals surface area contributed by atoms with Gasteiger partial charge in [0.1, 0.15) is 11.4 Å². The molecule has 1 aromatic carbocycles. The third-order valence-electron chi connectivity index (χ3n) is 3.99. The molecule has 0 aliphatic heterocycles. The van der Waals surface area contributed by atoms with Crippen LogP contribution in [0.2, 0.25) is 6.04 Å². The Morgan fingerprint density at radius 2 is 1.85 bits per heavy atom. The average Bonchev–Trinajstić information content (AvgIpc) is 2.68. The summed E-state index contributed by atoms with van der Waals surface area (Å²) in [6.07, 6.45) is -2.00. The van der Waals surface area contributed by atoms with Gasteiger partial charge >= 0.3 is 14.9 Å². The number of alkyl carbamates (subject to hydrolysis) is 1. The molecule has 1 amide bonds. The van der Waals surface area contributed by atoms with Gasteiger partial charge in [0, 0.05) is 33.9 Å². The third kappa shape index (κ3) is 6.25. The molecule has 0 aliphatic carbocycles. The largest absolute Gasteiger partial charge is 0.500 e. The van der Waals surface area contributed by atoms with Crippen molar-refractivity contribution < 1.29 is 32.7 Å². The maximum atomic E-state index is 11.9. The fourth-order valence-corrected chi connectivity index (χ4v) is 4.17. The molecule has 10 nitrogen and oxygen atoms in total. The van der Waals surface area contributed by atoms with Crippen LogP contribution in [0.4, 0.5) is 10.5 Å². The molecule has 11 heteroatoms. The van der Waals surface area contributed by atoms with Crippen molar-refractivity contribution in [1.29, 1.82) is 0 Å². The zero-order chi connectivity index (χ0) is 20.4. The number of methoxy groups -OCH3 is 1. The van der Waals surface area contributed by atoms with E-state index in [2.05, 4.69) is 10.5 Å². The summed E-state index contributed by atoms with van der Waals surface area (Å²) in [5.74, 6) is 0.431. The fraction of sp³-hybridized carbons (Fsp3) is 0.562. The highest BCUT2D eigenvalue weighted by Crippen LogP contribution is 2.33. The molecule has 1 aromatic rings. The number of nitrogens with one attached hydrogen (secondary N) is 1. The SMILES string of the molecule is COc1cc(C(O)OC(=O)NCCC[Si](OC)(OC)OC)c(N=O)cc1C. The first kappa shape index (κ1) is 23.0. The molecule has 0 fully saturated rings. The van der Waals surface area contributed by atoms with Gasteiger partial charge in [-0.25, -0.2) is 4.79 Å². The van der Waals surface area contributed by atoms with Crippen LogP contribution in [0, 0.1) is 11.8 Å². The van der Waals surface area contributed by atoms with Gasteiger partial charge in [0.05, 0.1) is 12.7 Å². The van der Waals surface area contributed by atoms with E-state index in [9.17, 15) is 14.8 Å². The Hall–Kier alpha value is -2.05. The van der Waals surface area contributed by atoms with Crippen LogP contribution in [-0.4, -0.2) is 55.0 Å². The summed E-state index contributed by atoms with van der Waals surface area (Å²) >= 11 is 0. The molecular formula is C16H26N2O8Si. The lowest BCUT2D eigenvalue weighted by Gasteiger charge is -2.24. The van der Waals surface area contributed by atoms with Crippen LogP contribution in [0.5, 0.6) is 5.75 Å². The van der Waals surface area contributed by atoms with Crippen molar-refractivity contribution in [1.82, 2.24) is 5.32 Å². The number of nitrogens with zero attached hydrogens (tertiary/aromatic N) is 1. The van der Waals surface area contributed by atoms with Gasteiger partial charge in [0.2, 0.25) is 6.29 Å². The normalized spacial score (nSPS) is 12.4. The maximum Gasteiger partial charge on any atom is 0.500 e. The van der Waals surface area contributed by atoms with Crippen molar-refractivity contribution in [3.05, 3.63) is 28.2 Å². The van der Waals surface area contributed by atoms with Gasteiger partial charge in [-0.1, -0.05) is 0 Å². The van der Waals surface area contributed by atoms with Gasteiger partial charge in [-0.15, -0.1) is 4.91 Å². The Kier molecular flexibility index (Phi) is 9.32. The van der Waals surface area contributed by atoms with Crippen LogP contribution in [0.1, 0.15) is 23.8 Å². The van der Waals surface area contributed by atoms with Gasteiger partial charge in [0.25, 0.3) is 0 Å². The second kappa shape index (κ2) is 10.9. The van der Waals surface area contributed by atoms with Gasteiger partial charge in [0.15, 0.2) is 0 Å². The molecule has 0 aromatic heterocycles. The molecule has 0 spiro atoms. The third-order valence-corrected chi connectivity index (χ3v) is 6.82. The molecule has 152 valence electrons. The summed E-state index contributed by atoms with van der Waals surface area (Å²) < 4.78 is 25.9. The Bertz CT molecular complexity index is 631. The highest BCUT2D eigenvalue weighted by Gasteiger charge is 2.36. The van der Waals surface area contributed by atoms with Crippen molar-refractivity contribution in [3.8, 4) is 5.75 Å². The number of aliphatic hydroxyl groups is 1. The van der Waals surface area contributed by atoms with Crippen molar-refractivity contribution >= 4 is 20.6 Å². The monoisotopic (exact) mass is 402 g/mol. The number of benzene rings is 1. The predicted molar refractivity (Wildman–Crippen MR) is 98.8 cm³/mol. The second-order valence-corrected chi connectivity index (χ2v) is 8.65. The highest BCUT2D eigenvalue weighted by atomic mass is 28.4. The van der Waals surface area contributed by atoms with Crippen molar-refractivity contribution in [3.63, 3.8) is 0 Å². The molecule has 0 saturated heterocycles. The van der Waals surface area contributed by atoms with Gasteiger partial charge in [-0.3, -0.25) is 0 Å². The molecule has 1 rings (SSSR count). The first-order valence-electron chi connectivity index (χ1n) is 8.16. The number of carbonyl (C=O) groups is 1. The van der Waals surface area contributed by atoms with Gasteiger partial charge in [-0.2, -0.15) is 0 Å². The van der Waals surface area contributed by atoms with Crippen LogP contribution in [0.15, 0.2) is 17.3 Å². The van der Waals surface area contributed by atoms with E-state index in [1.807, 2.05) is 0 Å². The molecule has 2 N–H and O–H groups in total. The molecule has 0 radical (unpaired) electrons. The molecular weight excluding hydrogens is 376 g/mol. The van der Waals surface area contributed by atoms with E-state index in [1.54, 1.807) is 6.92 Å². The van der Waals surface area contributed by atoms with E-state index in [4.69, 9.17) is 22.8 Å². The minimum atomic E-state index is -2.70. The summed E-state index contributed by atoms with van der Waals surface area (Å²) in [5, 5.41) is 15.5. The summed E-state index contributed by atoms with van der Waals surface area (Å²) in [7, 11) is 3.26. The second-order valence-electron chi connectivity index (χ2n) is 5.56. The van der Waals surface area contributed by atoms with E-state index < -0.39 is 21.2 Å². The lowest BCUT2D eigenvalue weighted by molar-refractivity contribution is -0.0541. The fourth-order valence-electron chi connectivity index (χ4n) is 2.44. The van der Waals surface area contributed by atoms with Crippen molar-refractivity contribution in [2.75, 3.05) is 35.0 Å². The number of hydrogen-bond acceptors (Lipinski definition) is 9. The highest BCUT2D eigenvalue weighted by molar-refractivity contribution is 6.60. The number of amides is 1. The minimum Gasteiger partial charge on any atom is -0.496 e. The first-order chi connectivity index (χ1) is 12.9. The minimum absolute atomic E-state index is 0.0344. The van der Waals surface area contributed by atoms with Crippen LogP contribution in [0.25, 0.3) is 0 Å². The number of nitroso groups, excluding NO2 is 1. The Morgan fingerprint density at radius 3 is 2.37 bits per heavy atom. The summed E-state index contributed by atoms with van der Waals surface area (Å²) in [5.41, 5.74) is 0.659. The van der Waals surface area contributed by atoms with Crippen LogP contribution in [-0.2, 0) is 18.0 Å². The van der Waals surface area contributed by atoms with E-state index in [0.29, 0.717) is 23.8 Å². The smallest absolute Gasteiger partial charge is 0.496 e. The van der Waals surface area contributed by atoms with Crippen LogP contribution in [0.3, 0.4) is 0 Å². The maximum absolute atomic E-state index is 11.9. The molecule has 0 aliphatic rings. The van der Waals surface area contributed by atoms with Crippen molar-refractivity contribution in [2.45, 2.75) is 25.7 Å². The number of hydrogen-bond donors (Lipinski definition) is 2. The number of ether oxygens (including phenoxy) is 2. The average molecular weight is 402 g/mol. The number of carbonyl (C=O) groups excluding carboxylic acids is 1. The Balaban J connectivity index is 2.61. The molecule has 0 saturated carbocycles. The van der Waals surface area contributed by atoms with Gasteiger partial charge in [-0.05, 0) is 36.2 Å². The lowest BCUT2D eigenvalue weighted by Crippen LogP contribution is -2.43. The van der Waals surface area contributed by atoms with E-state index in [-0.39, 0.29) is 17.8 Å². The summed E-state index contributed by atoms with van der Waals surface area (Å²) in [4.78, 5) is 22.8. The molecule has 1 atom stereocenters. The zero-order valence-electron chi connectivity index (χ0n) is 16.1. The molecule has 1 unspecified atom stereocenters. The lowest BCUT2D eigenvalue weighted by atomic mass is 10.1. The standard InChI is InChI=1S/C16H26N2O8Si/c1-11-9-13(18-21)12(10-14(11)22-2)15(19)26-16(20)17-7-6-8-27(23-3,24-4)25-5/h9-10,15,19H,6-8H2,1-5H3,(H,17,20). The quantitative estimate of drug-likeness (QED) is 0.250. The molecule has 27 heavy (non-hydrogen) atoms. The Morgan fingerprint density at radius 1 is 1.22 bits per heavy atom. The predicted octanol–water partition coefficient (Wildman–Crippen LogP) is 2.39. The van der Waals surface area contributed by atoms with Crippen LogP contribution >= 0.6 is 0 Å². The number of aliphatic hydroxyl groups excluding tert-OH is 1. The van der Waals surface area contributed by atoms with Gasteiger partial charge < -0.3 is 33.2 Å². The topological polar surface area (TPSA) is 125 Å². The van der Waals surface area contributed by atoms with E-state index in [0.717, 1.165) is 0 Å². The Labute approximate surface area is 159 Å². The summed E-state index contributed by atoms with van der Waals surface area (Å²) in [6.45, 7) is 1.98. The number of rotatable bonds is 11. The van der Waals surface area contributed by atoms with Crippen molar-refractivity contribution in [2.24, 2.45) is 5.18 Å². The number of aryl methyl sites for hydroxylation is 1. The first-order valence-corrected chi connectivity index (χ1v) is 10.1. The van der Waals surface area contributed by atoms with Crippen LogP contribution < -0.4 is 10.1 Å². The molecule has 0 bridgehead atoms. The van der Waals surface area contributed by atoms with E-state index in [1.165, 1.54) is 40.6 Å².